The Kier molecular flexibility index (Phi) is 12.5. The Morgan fingerprint density at radius 3 is 2.43 bits per heavy atom. The van der Waals surface area contributed by atoms with E-state index in [-0.39, 0.29) is 60.1 Å². The van der Waals surface area contributed by atoms with Crippen LogP contribution in [-0.4, -0.2) is 40.1 Å². The molecule has 0 aromatic heterocycles. The predicted molar refractivity (Wildman–Crippen MR) is 131 cm³/mol. The molecule has 0 spiro atoms. The maximum atomic E-state index is 14.5. The average Bonchev–Trinajstić information content (AvgIpc) is 2.75. The van der Waals surface area contributed by atoms with Gasteiger partial charge in [-0.1, -0.05) is 33.3 Å². The zero-order valence-corrected chi connectivity index (χ0v) is 23.8. The van der Waals surface area contributed by atoms with Crippen LogP contribution in [0.3, 0.4) is 0 Å². The number of hydrogen-bond acceptors (Lipinski definition) is 6. The number of aliphatic carboxylic acids is 1. The molecule has 0 saturated carbocycles. The SMILES string of the molecule is CCCc1c(OCCCSc2ccc(C(=O)C(C)(C)CC(=O)O)cc2F)ccc(C(C)=O)c1O.[H-].[Na+]. The Labute approximate surface area is 233 Å². The summed E-state index contributed by atoms with van der Waals surface area (Å²) in [5.41, 5.74) is -0.0957. The molecule has 0 atom stereocenters. The standard InChI is InChI=1S/C26H31FO6S.Na.H/c1-5-7-19-21(10-9-18(16(2)28)24(19)31)33-12-6-13-34-22-11-8-17(14-20(22)27)25(32)26(3,4)15-23(29)30;;/h8-11,14,31H,5-7,12-13,15H2,1-4H3,(H,29,30);;/q;+1;-1. The molecule has 6 nitrogen and oxygen atoms in total. The Balaban J connectivity index is 0.00000612. The van der Waals surface area contributed by atoms with E-state index < -0.39 is 23.0 Å². The number of phenolic OH excluding ortho intramolecular Hbond substituents is 1. The fraction of sp³-hybridized carbons (Fsp3) is 0.423. The van der Waals surface area contributed by atoms with Crippen LogP contribution in [0, 0.1) is 11.2 Å². The fourth-order valence-corrected chi connectivity index (χ4v) is 4.40. The number of phenols is 1. The van der Waals surface area contributed by atoms with Crippen LogP contribution in [0.4, 0.5) is 4.39 Å². The molecule has 2 N–H and O–H groups in total. The molecule has 35 heavy (non-hydrogen) atoms. The first-order valence-electron chi connectivity index (χ1n) is 11.2. The smallest absolute Gasteiger partial charge is 1.00 e. The molecule has 0 fully saturated rings. The molecule has 0 amide bonds. The first-order valence-corrected chi connectivity index (χ1v) is 12.1. The number of Topliss-reactive ketones (excluding diaryl/α,β-unsaturated/α-hetero) is 2. The van der Waals surface area contributed by atoms with E-state index in [1.165, 1.54) is 44.7 Å². The first-order chi connectivity index (χ1) is 16.0. The molecular formula is C26H32FNaO6S. The fourth-order valence-electron chi connectivity index (χ4n) is 3.56. The van der Waals surface area contributed by atoms with Crippen LogP contribution in [-0.2, 0) is 11.2 Å². The summed E-state index contributed by atoms with van der Waals surface area (Å²) in [6.45, 7) is 6.79. The number of carbonyl (C=O) groups is 3. The summed E-state index contributed by atoms with van der Waals surface area (Å²) in [5.74, 6) is -1.18. The third-order valence-electron chi connectivity index (χ3n) is 5.32. The van der Waals surface area contributed by atoms with E-state index in [2.05, 4.69) is 0 Å². The molecule has 0 bridgehead atoms. The minimum absolute atomic E-state index is 0. The molecule has 2 rings (SSSR count). The second kappa shape index (κ2) is 14.0. The third kappa shape index (κ3) is 8.63. The second-order valence-corrected chi connectivity index (χ2v) is 9.86. The van der Waals surface area contributed by atoms with Crippen LogP contribution >= 0.6 is 11.8 Å². The minimum Gasteiger partial charge on any atom is -1.00 e. The van der Waals surface area contributed by atoms with Crippen LogP contribution in [0.5, 0.6) is 11.5 Å². The van der Waals surface area contributed by atoms with Gasteiger partial charge in [0.05, 0.1) is 18.6 Å². The van der Waals surface area contributed by atoms with Crippen molar-refractivity contribution in [3.05, 3.63) is 52.8 Å². The van der Waals surface area contributed by atoms with Gasteiger partial charge in [-0.15, -0.1) is 11.8 Å². The zero-order valence-electron chi connectivity index (χ0n) is 21.9. The second-order valence-electron chi connectivity index (χ2n) is 8.72. The van der Waals surface area contributed by atoms with E-state index in [0.717, 1.165) is 12.5 Å². The molecule has 0 heterocycles. The van der Waals surface area contributed by atoms with Crippen molar-refractivity contribution in [2.45, 2.75) is 58.3 Å². The van der Waals surface area contributed by atoms with Crippen molar-refractivity contribution in [2.75, 3.05) is 12.4 Å². The van der Waals surface area contributed by atoms with E-state index in [9.17, 15) is 23.9 Å². The Morgan fingerprint density at radius 1 is 1.17 bits per heavy atom. The van der Waals surface area contributed by atoms with Gasteiger partial charge in [-0.3, -0.25) is 14.4 Å². The predicted octanol–water partition coefficient (Wildman–Crippen LogP) is 3.05. The number of thioether (sulfide) groups is 1. The molecule has 0 aliphatic carbocycles. The Morgan fingerprint density at radius 2 is 1.86 bits per heavy atom. The van der Waals surface area contributed by atoms with Crippen molar-refractivity contribution in [3.8, 4) is 11.5 Å². The summed E-state index contributed by atoms with van der Waals surface area (Å²) in [6, 6.07) is 7.45. The van der Waals surface area contributed by atoms with Gasteiger partial charge < -0.3 is 16.4 Å². The number of carboxylic acids is 1. The zero-order chi connectivity index (χ0) is 25.5. The van der Waals surface area contributed by atoms with Gasteiger partial charge in [-0.05, 0) is 44.0 Å². The Hall–Kier alpha value is -1.87. The summed E-state index contributed by atoms with van der Waals surface area (Å²) in [7, 11) is 0. The largest absolute Gasteiger partial charge is 1.00 e. The van der Waals surface area contributed by atoms with E-state index in [1.54, 1.807) is 12.1 Å². The van der Waals surface area contributed by atoms with Gasteiger partial charge in [0.15, 0.2) is 11.6 Å². The summed E-state index contributed by atoms with van der Waals surface area (Å²) in [4.78, 5) is 35.6. The van der Waals surface area contributed by atoms with Crippen LogP contribution in [0.2, 0.25) is 0 Å². The number of halogens is 1. The van der Waals surface area contributed by atoms with Gasteiger partial charge in [0.1, 0.15) is 17.3 Å². The van der Waals surface area contributed by atoms with Crippen LogP contribution in [0.25, 0.3) is 0 Å². The van der Waals surface area contributed by atoms with Crippen molar-refractivity contribution in [2.24, 2.45) is 5.41 Å². The van der Waals surface area contributed by atoms with E-state index >= 15 is 0 Å². The third-order valence-corrected chi connectivity index (χ3v) is 6.46. The Bertz CT molecular complexity index is 1080. The molecule has 0 aliphatic rings. The molecule has 2 aromatic rings. The van der Waals surface area contributed by atoms with Gasteiger partial charge in [-0.25, -0.2) is 4.39 Å². The normalized spacial score (nSPS) is 11.0. The van der Waals surface area contributed by atoms with Crippen LogP contribution < -0.4 is 34.3 Å². The monoisotopic (exact) mass is 514 g/mol. The van der Waals surface area contributed by atoms with Crippen LogP contribution in [0.15, 0.2) is 35.2 Å². The molecular weight excluding hydrogens is 482 g/mol. The maximum Gasteiger partial charge on any atom is 1.00 e. The number of benzene rings is 2. The molecule has 9 heteroatoms. The van der Waals surface area contributed by atoms with Crippen molar-refractivity contribution < 1.29 is 64.7 Å². The number of ketones is 2. The number of carbonyl (C=O) groups excluding carboxylic acids is 2. The summed E-state index contributed by atoms with van der Waals surface area (Å²) in [5, 5.41) is 19.4. The van der Waals surface area contributed by atoms with Crippen molar-refractivity contribution in [1.29, 1.82) is 0 Å². The molecule has 186 valence electrons. The summed E-state index contributed by atoms with van der Waals surface area (Å²) < 4.78 is 20.4. The quantitative estimate of drug-likeness (QED) is 0.183. The number of ether oxygens (including phenoxy) is 1. The summed E-state index contributed by atoms with van der Waals surface area (Å²) in [6.07, 6.45) is 1.64. The topological polar surface area (TPSA) is 101 Å². The molecule has 0 aliphatic heterocycles. The van der Waals surface area contributed by atoms with Gasteiger partial charge >= 0.3 is 35.5 Å². The number of carboxylic acid groups (broad SMARTS) is 1. The number of hydrogen-bond donors (Lipinski definition) is 2. The van der Waals surface area contributed by atoms with Crippen molar-refractivity contribution in [3.63, 3.8) is 0 Å². The van der Waals surface area contributed by atoms with Crippen molar-refractivity contribution in [1.82, 2.24) is 0 Å². The minimum atomic E-state index is -1.13. The molecule has 2 aromatic carbocycles. The molecule has 0 saturated heterocycles. The molecule has 0 unspecified atom stereocenters. The van der Waals surface area contributed by atoms with E-state index in [0.29, 0.717) is 41.4 Å². The number of aromatic hydroxyl groups is 1. The first kappa shape index (κ1) is 31.2. The van der Waals surface area contributed by atoms with Gasteiger partial charge in [0.25, 0.3) is 0 Å². The van der Waals surface area contributed by atoms with Gasteiger partial charge in [0, 0.05) is 27.2 Å². The average molecular weight is 515 g/mol. The van der Waals surface area contributed by atoms with Crippen molar-refractivity contribution >= 4 is 29.3 Å². The van der Waals surface area contributed by atoms with Gasteiger partial charge in [-0.2, -0.15) is 0 Å². The maximum absolute atomic E-state index is 14.5. The molecule has 0 radical (unpaired) electrons. The van der Waals surface area contributed by atoms with E-state index in [4.69, 9.17) is 9.84 Å². The number of rotatable bonds is 13. The van der Waals surface area contributed by atoms with E-state index in [1.807, 2.05) is 6.92 Å². The van der Waals surface area contributed by atoms with Gasteiger partial charge in [0.2, 0.25) is 0 Å². The summed E-state index contributed by atoms with van der Waals surface area (Å²) >= 11 is 1.29. The van der Waals surface area contributed by atoms with Crippen LogP contribution in [0.1, 0.15) is 74.7 Å².